The van der Waals surface area contributed by atoms with Crippen molar-refractivity contribution in [3.63, 3.8) is 0 Å². The van der Waals surface area contributed by atoms with Crippen LogP contribution < -0.4 is 22.5 Å². The Morgan fingerprint density at radius 1 is 1.67 bits per heavy atom. The number of hydrogen-bond donors (Lipinski definition) is 4. The summed E-state index contributed by atoms with van der Waals surface area (Å²) in [5.41, 5.74) is 1.85. The van der Waals surface area contributed by atoms with Crippen LogP contribution in [0.15, 0.2) is 15.8 Å². The summed E-state index contributed by atoms with van der Waals surface area (Å²) < 4.78 is 6.80. The summed E-state index contributed by atoms with van der Waals surface area (Å²) in [5, 5.41) is 9.76. The van der Waals surface area contributed by atoms with Gasteiger partial charge in [0.1, 0.15) is 6.23 Å². The number of hydrazine groups is 1. The Labute approximate surface area is 102 Å². The summed E-state index contributed by atoms with van der Waals surface area (Å²) in [6.07, 6.45) is -0.0696. The number of H-pyrrole nitrogens is 1. The first kappa shape index (κ1) is 13.0. The molecular weight excluding hydrogens is 240 g/mol. The molecule has 0 saturated carbocycles. The zero-order valence-electron chi connectivity index (χ0n) is 9.92. The summed E-state index contributed by atoms with van der Waals surface area (Å²) in [6, 6.07) is 0. The molecular formula is C10H16N4O4. The fraction of sp³-hybridized carbons (Fsp3) is 0.600. The average molecular weight is 256 g/mol. The summed E-state index contributed by atoms with van der Waals surface area (Å²) in [4.78, 5) is 25.1. The first-order valence-corrected chi connectivity index (χ1v) is 5.62. The molecule has 1 aliphatic rings. The van der Waals surface area contributed by atoms with Crippen molar-refractivity contribution >= 4 is 0 Å². The van der Waals surface area contributed by atoms with Gasteiger partial charge in [-0.05, 0) is 6.92 Å². The van der Waals surface area contributed by atoms with Crippen molar-refractivity contribution in [3.8, 4) is 0 Å². The molecule has 5 N–H and O–H groups in total. The van der Waals surface area contributed by atoms with Gasteiger partial charge in [0.05, 0.1) is 12.2 Å². The quantitative estimate of drug-likeness (QED) is 0.365. The zero-order valence-corrected chi connectivity index (χ0v) is 9.92. The van der Waals surface area contributed by atoms with Crippen LogP contribution in [-0.2, 0) is 4.74 Å². The second-order valence-corrected chi connectivity index (χ2v) is 4.32. The second-order valence-electron chi connectivity index (χ2n) is 4.32. The summed E-state index contributed by atoms with van der Waals surface area (Å²) in [5.74, 6) is 5.17. The molecule has 1 aromatic rings. The van der Waals surface area contributed by atoms with Crippen LogP contribution in [0.5, 0.6) is 0 Å². The third-order valence-electron chi connectivity index (χ3n) is 2.98. The largest absolute Gasteiger partial charge is 0.390 e. The van der Waals surface area contributed by atoms with Gasteiger partial charge in [-0.1, -0.05) is 0 Å². The molecule has 1 fully saturated rings. The standard InChI is InChI=1S/C10H16N4O4/c1-5-4-14(10(17)13-9(5)16)8-2-6(15)7(18-8)3-12-11/h4,6-8,12,15H,2-3,11H2,1H3,(H,13,16,17)/t6?,7-,8-/m1/s1. The van der Waals surface area contributed by atoms with Crippen molar-refractivity contribution in [1.29, 1.82) is 0 Å². The van der Waals surface area contributed by atoms with Gasteiger partial charge in [-0.25, -0.2) is 4.79 Å². The van der Waals surface area contributed by atoms with E-state index in [0.717, 1.165) is 0 Å². The van der Waals surface area contributed by atoms with Crippen LogP contribution in [0.25, 0.3) is 0 Å². The number of nitrogens with two attached hydrogens (primary N) is 1. The van der Waals surface area contributed by atoms with Crippen LogP contribution >= 0.6 is 0 Å². The SMILES string of the molecule is Cc1cn([C@H]2CC(O)[C@@H](CNN)O2)c(=O)[nH]c1=O. The molecule has 0 spiro atoms. The zero-order chi connectivity index (χ0) is 13.3. The molecule has 0 radical (unpaired) electrons. The Morgan fingerprint density at radius 3 is 3.06 bits per heavy atom. The van der Waals surface area contributed by atoms with Crippen molar-refractivity contribution in [2.75, 3.05) is 6.54 Å². The highest BCUT2D eigenvalue weighted by Crippen LogP contribution is 2.26. The first-order chi connectivity index (χ1) is 8.52. The predicted molar refractivity (Wildman–Crippen MR) is 62.8 cm³/mol. The average Bonchev–Trinajstić information content (AvgIpc) is 2.66. The Kier molecular flexibility index (Phi) is 3.62. The molecule has 18 heavy (non-hydrogen) atoms. The molecule has 3 atom stereocenters. The molecule has 0 amide bonds. The van der Waals surface area contributed by atoms with Crippen LogP contribution in [0.4, 0.5) is 0 Å². The minimum atomic E-state index is -0.704. The lowest BCUT2D eigenvalue weighted by Crippen LogP contribution is -2.37. The lowest BCUT2D eigenvalue weighted by atomic mass is 10.2. The van der Waals surface area contributed by atoms with Crippen LogP contribution in [0.3, 0.4) is 0 Å². The highest BCUT2D eigenvalue weighted by Gasteiger charge is 2.35. The van der Waals surface area contributed by atoms with E-state index in [2.05, 4.69) is 10.4 Å². The van der Waals surface area contributed by atoms with Crippen LogP contribution in [0.2, 0.25) is 0 Å². The topological polar surface area (TPSA) is 122 Å². The van der Waals surface area contributed by atoms with E-state index >= 15 is 0 Å². The van der Waals surface area contributed by atoms with Gasteiger partial charge in [-0.3, -0.25) is 25.6 Å². The third kappa shape index (κ3) is 2.36. The molecule has 1 saturated heterocycles. The molecule has 8 nitrogen and oxygen atoms in total. The third-order valence-corrected chi connectivity index (χ3v) is 2.98. The van der Waals surface area contributed by atoms with Crippen molar-refractivity contribution < 1.29 is 9.84 Å². The molecule has 8 heteroatoms. The van der Waals surface area contributed by atoms with Crippen molar-refractivity contribution in [1.82, 2.24) is 15.0 Å². The number of aliphatic hydroxyl groups is 1. The minimum absolute atomic E-state index is 0.276. The number of aromatic amines is 1. The van der Waals surface area contributed by atoms with Gasteiger partial charge >= 0.3 is 5.69 Å². The lowest BCUT2D eigenvalue weighted by molar-refractivity contribution is -0.0192. The molecule has 1 unspecified atom stereocenters. The minimum Gasteiger partial charge on any atom is -0.390 e. The maximum Gasteiger partial charge on any atom is 0.330 e. The maximum atomic E-state index is 11.7. The van der Waals surface area contributed by atoms with E-state index in [-0.39, 0.29) is 13.0 Å². The molecule has 0 bridgehead atoms. The number of nitrogens with zero attached hydrogens (tertiary/aromatic N) is 1. The number of hydrogen-bond acceptors (Lipinski definition) is 6. The predicted octanol–water partition coefficient (Wildman–Crippen LogP) is -2.04. The number of aliphatic hydroxyl groups excluding tert-OH is 1. The van der Waals surface area contributed by atoms with Gasteiger partial charge in [-0.2, -0.15) is 0 Å². The first-order valence-electron chi connectivity index (χ1n) is 5.62. The van der Waals surface area contributed by atoms with Crippen molar-refractivity contribution in [2.45, 2.75) is 31.8 Å². The summed E-state index contributed by atoms with van der Waals surface area (Å²) in [7, 11) is 0. The van der Waals surface area contributed by atoms with E-state index in [1.807, 2.05) is 0 Å². The highest BCUT2D eigenvalue weighted by atomic mass is 16.5. The number of aromatic nitrogens is 2. The van der Waals surface area contributed by atoms with E-state index < -0.39 is 29.7 Å². The van der Waals surface area contributed by atoms with E-state index in [1.54, 1.807) is 6.92 Å². The van der Waals surface area contributed by atoms with Crippen molar-refractivity contribution in [3.05, 3.63) is 32.6 Å². The molecule has 1 aliphatic heterocycles. The van der Waals surface area contributed by atoms with E-state index in [0.29, 0.717) is 5.56 Å². The summed E-state index contributed by atoms with van der Waals surface area (Å²) in [6.45, 7) is 1.88. The van der Waals surface area contributed by atoms with Crippen LogP contribution in [-0.4, -0.2) is 33.4 Å². The fourth-order valence-electron chi connectivity index (χ4n) is 1.99. The molecule has 100 valence electrons. The monoisotopic (exact) mass is 256 g/mol. The smallest absolute Gasteiger partial charge is 0.330 e. The Hall–Kier alpha value is -1.48. The van der Waals surface area contributed by atoms with Gasteiger partial charge in [0.2, 0.25) is 0 Å². The van der Waals surface area contributed by atoms with Crippen LogP contribution in [0, 0.1) is 6.92 Å². The van der Waals surface area contributed by atoms with Gasteiger partial charge < -0.3 is 9.84 Å². The molecule has 2 rings (SSSR count). The van der Waals surface area contributed by atoms with Gasteiger partial charge in [-0.15, -0.1) is 0 Å². The van der Waals surface area contributed by atoms with Gasteiger partial charge in [0, 0.05) is 24.7 Å². The van der Waals surface area contributed by atoms with E-state index in [1.165, 1.54) is 10.8 Å². The van der Waals surface area contributed by atoms with Gasteiger partial charge in [0.25, 0.3) is 5.56 Å². The summed E-state index contributed by atoms with van der Waals surface area (Å²) >= 11 is 0. The Morgan fingerprint density at radius 2 is 2.39 bits per heavy atom. The maximum absolute atomic E-state index is 11.7. The molecule has 2 heterocycles. The number of rotatable bonds is 3. The molecule has 1 aromatic heterocycles. The van der Waals surface area contributed by atoms with E-state index in [9.17, 15) is 14.7 Å². The molecule has 0 aliphatic carbocycles. The number of nitrogens with one attached hydrogen (secondary N) is 2. The van der Waals surface area contributed by atoms with Gasteiger partial charge in [0.15, 0.2) is 0 Å². The number of ether oxygens (including phenoxy) is 1. The Bertz CT molecular complexity index is 537. The highest BCUT2D eigenvalue weighted by molar-refractivity contribution is 5.02. The van der Waals surface area contributed by atoms with Crippen LogP contribution in [0.1, 0.15) is 18.2 Å². The lowest BCUT2D eigenvalue weighted by Gasteiger charge is -2.15. The number of aryl methyl sites for hydroxylation is 1. The van der Waals surface area contributed by atoms with Crippen molar-refractivity contribution in [2.24, 2.45) is 5.84 Å². The van der Waals surface area contributed by atoms with E-state index in [4.69, 9.17) is 10.6 Å². The normalized spacial score (nSPS) is 27.6. The fourth-order valence-corrected chi connectivity index (χ4v) is 1.99. The molecule has 0 aromatic carbocycles. The Balaban J connectivity index is 2.26. The second kappa shape index (κ2) is 5.02.